The number of halogens is 1. The number of aryl methyl sites for hydroxylation is 1. The van der Waals surface area contributed by atoms with Crippen LogP contribution >= 0.6 is 0 Å². The summed E-state index contributed by atoms with van der Waals surface area (Å²) < 4.78 is 13.8. The van der Waals surface area contributed by atoms with E-state index in [-0.39, 0.29) is 5.82 Å². The van der Waals surface area contributed by atoms with E-state index in [0.717, 1.165) is 11.1 Å². The van der Waals surface area contributed by atoms with Crippen LogP contribution in [0.15, 0.2) is 54.6 Å². The minimum atomic E-state index is -0.320. The summed E-state index contributed by atoms with van der Waals surface area (Å²) in [5, 5.41) is 8.86. The molecule has 0 amide bonds. The lowest BCUT2D eigenvalue weighted by atomic mass is 9.96. The normalized spacial score (nSPS) is 11.1. The molecule has 0 fully saturated rings. The molecule has 0 saturated carbocycles. The summed E-state index contributed by atoms with van der Waals surface area (Å²) in [6.07, 6.45) is 1.38. The maximum absolute atomic E-state index is 13.8. The van der Waals surface area contributed by atoms with E-state index in [1.54, 1.807) is 18.2 Å². The first kappa shape index (κ1) is 12.1. The predicted molar refractivity (Wildman–Crippen MR) is 70.3 cm³/mol. The van der Waals surface area contributed by atoms with Crippen LogP contribution < -0.4 is 0 Å². The van der Waals surface area contributed by atoms with Crippen LogP contribution in [0.4, 0.5) is 4.39 Å². The number of benzene rings is 2. The molecule has 0 unspecified atom stereocenters. The Labute approximate surface area is 106 Å². The van der Waals surface area contributed by atoms with Crippen molar-refractivity contribution < 1.29 is 4.39 Å². The zero-order valence-corrected chi connectivity index (χ0v) is 10.0. The third kappa shape index (κ3) is 2.46. The van der Waals surface area contributed by atoms with Crippen molar-refractivity contribution in [2.24, 2.45) is 0 Å². The van der Waals surface area contributed by atoms with Crippen molar-refractivity contribution in [2.75, 3.05) is 0 Å². The summed E-state index contributed by atoms with van der Waals surface area (Å²) in [6, 6.07) is 16.1. The standard InChI is InChI=1S/C16H12FN/c1-12-6-8-13(9-7-12)14(10-11-18)15-4-2-3-5-16(15)17/h2-10H,1H3. The molecule has 0 saturated heterocycles. The molecule has 0 aliphatic rings. The first-order valence-corrected chi connectivity index (χ1v) is 5.64. The van der Waals surface area contributed by atoms with Crippen LogP contribution in [0.1, 0.15) is 16.7 Å². The Hall–Kier alpha value is -2.40. The molecule has 18 heavy (non-hydrogen) atoms. The first-order valence-electron chi connectivity index (χ1n) is 5.64. The Morgan fingerprint density at radius 3 is 2.39 bits per heavy atom. The van der Waals surface area contributed by atoms with Crippen LogP contribution in [0.5, 0.6) is 0 Å². The molecule has 0 aliphatic carbocycles. The van der Waals surface area contributed by atoms with Crippen LogP contribution in [0.2, 0.25) is 0 Å². The topological polar surface area (TPSA) is 23.8 Å². The quantitative estimate of drug-likeness (QED) is 0.722. The molecule has 0 bridgehead atoms. The summed E-state index contributed by atoms with van der Waals surface area (Å²) >= 11 is 0. The first-order chi connectivity index (χ1) is 8.72. The Kier molecular flexibility index (Phi) is 3.54. The second-order valence-electron chi connectivity index (χ2n) is 4.03. The summed E-state index contributed by atoms with van der Waals surface area (Å²) in [5.41, 5.74) is 3.02. The molecule has 0 heterocycles. The molecular formula is C16H12FN. The predicted octanol–water partition coefficient (Wildman–Crippen LogP) is 4.09. The molecule has 2 heteroatoms. The van der Waals surface area contributed by atoms with Gasteiger partial charge in [0, 0.05) is 17.2 Å². The molecule has 0 aromatic heterocycles. The number of nitriles is 1. The van der Waals surface area contributed by atoms with Crippen molar-refractivity contribution in [2.45, 2.75) is 6.92 Å². The van der Waals surface area contributed by atoms with E-state index >= 15 is 0 Å². The second-order valence-corrected chi connectivity index (χ2v) is 4.03. The highest BCUT2D eigenvalue weighted by molar-refractivity contribution is 5.81. The minimum Gasteiger partial charge on any atom is -0.206 e. The van der Waals surface area contributed by atoms with Crippen LogP contribution in [0.25, 0.3) is 5.57 Å². The monoisotopic (exact) mass is 237 g/mol. The van der Waals surface area contributed by atoms with E-state index < -0.39 is 0 Å². The van der Waals surface area contributed by atoms with Crippen LogP contribution in [0, 0.1) is 24.1 Å². The van der Waals surface area contributed by atoms with Gasteiger partial charge in [-0.25, -0.2) is 4.39 Å². The summed E-state index contributed by atoms with van der Waals surface area (Å²) in [4.78, 5) is 0. The Bertz CT molecular complexity index is 618. The van der Waals surface area contributed by atoms with E-state index in [1.165, 1.54) is 12.1 Å². The molecular weight excluding hydrogens is 225 g/mol. The molecule has 2 rings (SSSR count). The lowest BCUT2D eigenvalue weighted by molar-refractivity contribution is 0.624. The van der Waals surface area contributed by atoms with Gasteiger partial charge in [-0.05, 0) is 18.6 Å². The molecule has 1 nitrogen and oxygen atoms in total. The summed E-state index contributed by atoms with van der Waals surface area (Å²) in [7, 11) is 0. The fraction of sp³-hybridized carbons (Fsp3) is 0.0625. The lowest BCUT2D eigenvalue weighted by Gasteiger charge is -2.08. The maximum atomic E-state index is 13.8. The van der Waals surface area contributed by atoms with E-state index in [1.807, 2.05) is 37.3 Å². The summed E-state index contributed by atoms with van der Waals surface area (Å²) in [5.74, 6) is -0.320. The Morgan fingerprint density at radius 1 is 1.11 bits per heavy atom. The zero-order chi connectivity index (χ0) is 13.0. The molecule has 0 N–H and O–H groups in total. The van der Waals surface area contributed by atoms with Crippen molar-refractivity contribution >= 4 is 5.57 Å². The molecule has 88 valence electrons. The van der Waals surface area contributed by atoms with Crippen molar-refractivity contribution in [3.8, 4) is 6.07 Å². The van der Waals surface area contributed by atoms with E-state index in [9.17, 15) is 4.39 Å². The van der Waals surface area contributed by atoms with Crippen molar-refractivity contribution in [1.82, 2.24) is 0 Å². The minimum absolute atomic E-state index is 0.320. The number of nitrogens with zero attached hydrogens (tertiary/aromatic N) is 1. The third-order valence-electron chi connectivity index (χ3n) is 2.74. The van der Waals surface area contributed by atoms with Gasteiger partial charge in [-0.15, -0.1) is 0 Å². The van der Waals surface area contributed by atoms with Crippen LogP contribution in [-0.4, -0.2) is 0 Å². The van der Waals surface area contributed by atoms with Gasteiger partial charge in [-0.3, -0.25) is 0 Å². The van der Waals surface area contributed by atoms with Crippen molar-refractivity contribution in [1.29, 1.82) is 5.26 Å². The number of hydrogen-bond donors (Lipinski definition) is 0. The Balaban J connectivity index is 2.55. The van der Waals surface area contributed by atoms with Crippen LogP contribution in [0.3, 0.4) is 0 Å². The molecule has 0 spiro atoms. The van der Waals surface area contributed by atoms with E-state index in [0.29, 0.717) is 11.1 Å². The molecule has 0 atom stereocenters. The third-order valence-corrected chi connectivity index (χ3v) is 2.74. The fourth-order valence-electron chi connectivity index (χ4n) is 1.79. The largest absolute Gasteiger partial charge is 0.206 e. The van der Waals surface area contributed by atoms with Gasteiger partial charge in [-0.1, -0.05) is 48.0 Å². The van der Waals surface area contributed by atoms with Gasteiger partial charge in [0.15, 0.2) is 0 Å². The highest BCUT2D eigenvalue weighted by atomic mass is 19.1. The summed E-state index contributed by atoms with van der Waals surface area (Å²) in [6.45, 7) is 1.99. The van der Waals surface area contributed by atoms with Gasteiger partial charge in [-0.2, -0.15) is 5.26 Å². The van der Waals surface area contributed by atoms with Crippen molar-refractivity contribution in [3.63, 3.8) is 0 Å². The van der Waals surface area contributed by atoms with E-state index in [2.05, 4.69) is 0 Å². The highest BCUT2D eigenvalue weighted by Gasteiger charge is 2.09. The average Bonchev–Trinajstić information content (AvgIpc) is 2.38. The molecule has 2 aromatic rings. The van der Waals surface area contributed by atoms with Crippen LogP contribution in [-0.2, 0) is 0 Å². The SMILES string of the molecule is Cc1ccc(C(=CC#N)c2ccccc2F)cc1. The highest BCUT2D eigenvalue weighted by Crippen LogP contribution is 2.25. The van der Waals surface area contributed by atoms with E-state index in [4.69, 9.17) is 5.26 Å². The second kappa shape index (κ2) is 5.29. The lowest BCUT2D eigenvalue weighted by Crippen LogP contribution is -1.92. The van der Waals surface area contributed by atoms with Gasteiger partial charge < -0.3 is 0 Å². The smallest absolute Gasteiger partial charge is 0.131 e. The molecule has 2 aromatic carbocycles. The number of allylic oxidation sites excluding steroid dienone is 1. The number of rotatable bonds is 2. The average molecular weight is 237 g/mol. The zero-order valence-electron chi connectivity index (χ0n) is 10.0. The van der Waals surface area contributed by atoms with Gasteiger partial charge in [0.1, 0.15) is 5.82 Å². The van der Waals surface area contributed by atoms with Crippen molar-refractivity contribution in [3.05, 3.63) is 77.1 Å². The molecule has 0 aliphatic heterocycles. The van der Waals surface area contributed by atoms with Gasteiger partial charge >= 0.3 is 0 Å². The number of hydrogen-bond acceptors (Lipinski definition) is 1. The van der Waals surface area contributed by atoms with Gasteiger partial charge in [0.25, 0.3) is 0 Å². The Morgan fingerprint density at radius 2 is 1.78 bits per heavy atom. The fourth-order valence-corrected chi connectivity index (χ4v) is 1.79. The molecule has 0 radical (unpaired) electrons. The maximum Gasteiger partial charge on any atom is 0.131 e. The van der Waals surface area contributed by atoms with Gasteiger partial charge in [0.05, 0.1) is 6.07 Å². The van der Waals surface area contributed by atoms with Gasteiger partial charge in [0.2, 0.25) is 0 Å².